The van der Waals surface area contributed by atoms with Gasteiger partial charge >= 0.3 is 0 Å². The molecule has 100 valence electrons. The highest BCUT2D eigenvalue weighted by molar-refractivity contribution is 5.83. The second-order valence-corrected chi connectivity index (χ2v) is 4.35. The highest BCUT2D eigenvalue weighted by atomic mass is 16.3. The first-order valence-corrected chi connectivity index (χ1v) is 6.10. The van der Waals surface area contributed by atoms with Gasteiger partial charge in [0.25, 0.3) is 0 Å². The summed E-state index contributed by atoms with van der Waals surface area (Å²) in [7, 11) is 1.60. The lowest BCUT2D eigenvalue weighted by atomic mass is 10.0. The lowest BCUT2D eigenvalue weighted by Crippen LogP contribution is -2.39. The van der Waals surface area contributed by atoms with E-state index in [0.717, 1.165) is 12.8 Å². The zero-order valence-corrected chi connectivity index (χ0v) is 11.0. The average molecular weight is 244 g/mol. The van der Waals surface area contributed by atoms with Crippen molar-refractivity contribution in [1.29, 1.82) is 0 Å². The number of amides is 2. The molecule has 0 bridgehead atoms. The number of aliphatic hydroxyl groups excluding tert-OH is 1. The quantitative estimate of drug-likeness (QED) is 0.648. The third-order valence-corrected chi connectivity index (χ3v) is 2.74. The van der Waals surface area contributed by atoms with Crippen molar-refractivity contribution in [2.75, 3.05) is 26.7 Å². The molecule has 17 heavy (non-hydrogen) atoms. The molecule has 5 nitrogen and oxygen atoms in total. The molecule has 0 aromatic rings. The predicted octanol–water partition coefficient (Wildman–Crippen LogP) is 0.380. The summed E-state index contributed by atoms with van der Waals surface area (Å²) in [6, 6.07) is 0. The van der Waals surface area contributed by atoms with Crippen LogP contribution < -0.4 is 5.32 Å². The molecule has 0 radical (unpaired) electrons. The lowest BCUT2D eigenvalue weighted by Gasteiger charge is -2.18. The summed E-state index contributed by atoms with van der Waals surface area (Å²) in [4.78, 5) is 23.8. The molecule has 1 unspecified atom stereocenters. The molecule has 2 N–H and O–H groups in total. The van der Waals surface area contributed by atoms with Gasteiger partial charge in [0.1, 0.15) is 0 Å². The van der Waals surface area contributed by atoms with Crippen LogP contribution in [0.2, 0.25) is 0 Å². The van der Waals surface area contributed by atoms with Crippen molar-refractivity contribution in [3.63, 3.8) is 0 Å². The highest BCUT2D eigenvalue weighted by Gasteiger charge is 2.11. The number of aliphatic hydroxyl groups is 1. The Labute approximate surface area is 103 Å². The zero-order valence-electron chi connectivity index (χ0n) is 11.0. The van der Waals surface area contributed by atoms with E-state index < -0.39 is 0 Å². The van der Waals surface area contributed by atoms with Gasteiger partial charge < -0.3 is 15.3 Å². The lowest BCUT2D eigenvalue weighted by molar-refractivity contribution is -0.133. The van der Waals surface area contributed by atoms with E-state index in [-0.39, 0.29) is 25.0 Å². The zero-order chi connectivity index (χ0) is 13.3. The van der Waals surface area contributed by atoms with Crippen molar-refractivity contribution in [2.24, 2.45) is 5.92 Å². The van der Waals surface area contributed by atoms with Crippen LogP contribution in [0.3, 0.4) is 0 Å². The Kier molecular flexibility index (Phi) is 8.40. The van der Waals surface area contributed by atoms with Gasteiger partial charge in [-0.15, -0.1) is 0 Å². The maximum atomic E-state index is 11.5. The van der Waals surface area contributed by atoms with Gasteiger partial charge in [0.2, 0.25) is 11.8 Å². The fourth-order valence-electron chi connectivity index (χ4n) is 1.58. The Morgan fingerprint density at radius 1 is 1.35 bits per heavy atom. The van der Waals surface area contributed by atoms with Crippen molar-refractivity contribution in [3.05, 3.63) is 0 Å². The fourth-order valence-corrected chi connectivity index (χ4v) is 1.58. The van der Waals surface area contributed by atoms with Gasteiger partial charge in [0.05, 0.1) is 6.54 Å². The topological polar surface area (TPSA) is 69.6 Å². The Hall–Kier alpha value is -1.10. The molecule has 0 aromatic carbocycles. The van der Waals surface area contributed by atoms with Crippen LogP contribution in [0.1, 0.15) is 33.1 Å². The second kappa shape index (κ2) is 8.98. The first-order valence-electron chi connectivity index (χ1n) is 6.10. The number of carbonyl (C=O) groups excluding carboxylic acids is 2. The van der Waals surface area contributed by atoms with E-state index in [9.17, 15) is 9.59 Å². The van der Waals surface area contributed by atoms with Crippen LogP contribution in [0.4, 0.5) is 0 Å². The summed E-state index contributed by atoms with van der Waals surface area (Å²) in [5.74, 6) is 0.0407. The molecule has 0 spiro atoms. The molecular formula is C12H24N2O3. The number of hydrogen-bond acceptors (Lipinski definition) is 3. The monoisotopic (exact) mass is 244 g/mol. The maximum Gasteiger partial charge on any atom is 0.239 e. The molecule has 2 amide bonds. The van der Waals surface area contributed by atoms with Gasteiger partial charge in [-0.25, -0.2) is 0 Å². The van der Waals surface area contributed by atoms with Crippen LogP contribution in [0, 0.1) is 5.92 Å². The first-order chi connectivity index (χ1) is 8.01. The molecule has 0 rings (SSSR count). The third-order valence-electron chi connectivity index (χ3n) is 2.74. The van der Waals surface area contributed by atoms with Gasteiger partial charge in [-0.2, -0.15) is 0 Å². The van der Waals surface area contributed by atoms with Crippen LogP contribution >= 0.6 is 0 Å². The first kappa shape index (κ1) is 15.9. The van der Waals surface area contributed by atoms with Crippen molar-refractivity contribution < 1.29 is 14.7 Å². The van der Waals surface area contributed by atoms with Crippen molar-refractivity contribution in [2.45, 2.75) is 33.1 Å². The molecule has 0 aromatic heterocycles. The molecule has 0 saturated carbocycles. The third kappa shape index (κ3) is 7.74. The molecule has 0 heterocycles. The Morgan fingerprint density at radius 2 is 2.00 bits per heavy atom. The van der Waals surface area contributed by atoms with Crippen molar-refractivity contribution in [1.82, 2.24) is 10.2 Å². The highest BCUT2D eigenvalue weighted by Crippen LogP contribution is 2.09. The maximum absolute atomic E-state index is 11.5. The van der Waals surface area contributed by atoms with Gasteiger partial charge in [0, 0.05) is 27.1 Å². The number of nitrogens with one attached hydrogen (secondary N) is 1. The Balaban J connectivity index is 3.90. The fraction of sp³-hybridized carbons (Fsp3) is 0.833. The van der Waals surface area contributed by atoms with Crippen molar-refractivity contribution in [3.8, 4) is 0 Å². The molecule has 5 heteroatoms. The Morgan fingerprint density at radius 3 is 2.47 bits per heavy atom. The summed E-state index contributed by atoms with van der Waals surface area (Å²) < 4.78 is 0. The predicted molar refractivity (Wildman–Crippen MR) is 66.4 cm³/mol. The number of likely N-dealkylation sites (N-methyl/N-ethyl adjacent to an activating group) is 1. The molecule has 0 aliphatic heterocycles. The van der Waals surface area contributed by atoms with Crippen LogP contribution in [-0.2, 0) is 9.59 Å². The van der Waals surface area contributed by atoms with E-state index in [4.69, 9.17) is 5.11 Å². The number of rotatable bonds is 8. The van der Waals surface area contributed by atoms with Crippen LogP contribution in [0.5, 0.6) is 0 Å². The van der Waals surface area contributed by atoms with E-state index in [1.54, 1.807) is 7.05 Å². The number of hydrogen-bond donors (Lipinski definition) is 2. The molecule has 0 aliphatic carbocycles. The molecule has 0 fully saturated rings. The average Bonchev–Trinajstić information content (AvgIpc) is 2.26. The SMILES string of the molecule is CCCC(CCO)CNC(=O)CN(C)C(C)=O. The number of carbonyl (C=O) groups is 2. The van der Waals surface area contributed by atoms with Gasteiger partial charge in [-0.05, 0) is 18.8 Å². The summed E-state index contributed by atoms with van der Waals surface area (Å²) in [5, 5.41) is 11.7. The standard InChI is InChI=1S/C12H24N2O3/c1-4-5-11(6-7-15)8-13-12(17)9-14(3)10(2)16/h11,15H,4-9H2,1-3H3,(H,13,17). The molecule has 0 aliphatic rings. The molecule has 0 saturated heterocycles. The van der Waals surface area contributed by atoms with Gasteiger partial charge in [-0.1, -0.05) is 13.3 Å². The van der Waals surface area contributed by atoms with Crippen molar-refractivity contribution >= 4 is 11.8 Å². The molecular weight excluding hydrogens is 220 g/mol. The van der Waals surface area contributed by atoms with Crippen LogP contribution in [-0.4, -0.2) is 48.6 Å². The van der Waals surface area contributed by atoms with Gasteiger partial charge in [0.15, 0.2) is 0 Å². The summed E-state index contributed by atoms with van der Waals surface area (Å²) in [5.41, 5.74) is 0. The van der Waals surface area contributed by atoms with E-state index in [0.29, 0.717) is 18.9 Å². The summed E-state index contributed by atoms with van der Waals surface area (Å²) in [6.07, 6.45) is 2.73. The Bertz CT molecular complexity index is 238. The largest absolute Gasteiger partial charge is 0.396 e. The van der Waals surface area contributed by atoms with E-state index >= 15 is 0 Å². The summed E-state index contributed by atoms with van der Waals surface area (Å²) >= 11 is 0. The van der Waals surface area contributed by atoms with E-state index in [2.05, 4.69) is 12.2 Å². The van der Waals surface area contributed by atoms with E-state index in [1.807, 2.05) is 0 Å². The normalized spacial score (nSPS) is 12.0. The minimum Gasteiger partial charge on any atom is -0.396 e. The van der Waals surface area contributed by atoms with Crippen LogP contribution in [0.25, 0.3) is 0 Å². The minimum atomic E-state index is -0.151. The van der Waals surface area contributed by atoms with Crippen LogP contribution in [0.15, 0.2) is 0 Å². The number of nitrogens with zero attached hydrogens (tertiary/aromatic N) is 1. The minimum absolute atomic E-state index is 0.0906. The summed E-state index contributed by atoms with van der Waals surface area (Å²) in [6.45, 7) is 4.31. The second-order valence-electron chi connectivity index (χ2n) is 4.35. The smallest absolute Gasteiger partial charge is 0.239 e. The van der Waals surface area contributed by atoms with Gasteiger partial charge in [-0.3, -0.25) is 9.59 Å². The molecule has 1 atom stereocenters. The van der Waals surface area contributed by atoms with E-state index in [1.165, 1.54) is 11.8 Å².